The van der Waals surface area contributed by atoms with E-state index >= 15 is 0 Å². The predicted molar refractivity (Wildman–Crippen MR) is 70.0 cm³/mol. The molecule has 1 rings (SSSR count). The SMILES string of the molecule is CC(C)CC(CN1CC(C(C)(C)C)C1)C(=O)O. The molecule has 0 aromatic rings. The van der Waals surface area contributed by atoms with Crippen LogP contribution in [-0.2, 0) is 4.79 Å². The Morgan fingerprint density at radius 1 is 1.35 bits per heavy atom. The third-order valence-electron chi connectivity index (χ3n) is 3.77. The van der Waals surface area contributed by atoms with Crippen LogP contribution in [0.3, 0.4) is 0 Å². The number of carboxylic acids is 1. The van der Waals surface area contributed by atoms with Crippen LogP contribution in [0.25, 0.3) is 0 Å². The van der Waals surface area contributed by atoms with Crippen LogP contribution in [0.15, 0.2) is 0 Å². The first-order valence-corrected chi connectivity index (χ1v) is 6.65. The molecule has 0 amide bonds. The van der Waals surface area contributed by atoms with E-state index in [9.17, 15) is 9.90 Å². The van der Waals surface area contributed by atoms with Crippen LogP contribution in [0.1, 0.15) is 41.0 Å². The molecule has 0 bridgehead atoms. The first-order valence-electron chi connectivity index (χ1n) is 6.65. The van der Waals surface area contributed by atoms with E-state index < -0.39 is 5.97 Å². The van der Waals surface area contributed by atoms with Crippen LogP contribution in [0, 0.1) is 23.2 Å². The summed E-state index contributed by atoms with van der Waals surface area (Å²) in [5.74, 6) is 0.334. The van der Waals surface area contributed by atoms with Crippen LogP contribution in [-0.4, -0.2) is 35.6 Å². The molecule has 0 aliphatic carbocycles. The number of carbonyl (C=O) groups is 1. The van der Waals surface area contributed by atoms with Crippen molar-refractivity contribution in [3.8, 4) is 0 Å². The zero-order valence-electron chi connectivity index (χ0n) is 11.9. The highest BCUT2D eigenvalue weighted by Crippen LogP contribution is 2.34. The van der Waals surface area contributed by atoms with Gasteiger partial charge in [0, 0.05) is 19.6 Å². The second-order valence-corrected chi connectivity index (χ2v) is 6.95. The smallest absolute Gasteiger partial charge is 0.307 e. The number of nitrogens with zero attached hydrogens (tertiary/aromatic N) is 1. The highest BCUT2D eigenvalue weighted by molar-refractivity contribution is 5.70. The van der Waals surface area contributed by atoms with E-state index in [1.54, 1.807) is 0 Å². The molecule has 0 aromatic carbocycles. The van der Waals surface area contributed by atoms with E-state index in [1.807, 2.05) is 0 Å². The maximum atomic E-state index is 11.2. The van der Waals surface area contributed by atoms with Gasteiger partial charge in [0.15, 0.2) is 0 Å². The third kappa shape index (κ3) is 4.30. The van der Waals surface area contributed by atoms with Gasteiger partial charge in [0.2, 0.25) is 0 Å². The van der Waals surface area contributed by atoms with Crippen molar-refractivity contribution in [2.75, 3.05) is 19.6 Å². The molecule has 17 heavy (non-hydrogen) atoms. The Morgan fingerprint density at radius 2 is 1.88 bits per heavy atom. The summed E-state index contributed by atoms with van der Waals surface area (Å²) in [6, 6.07) is 0. The van der Waals surface area contributed by atoms with Crippen LogP contribution in [0.2, 0.25) is 0 Å². The minimum atomic E-state index is -0.641. The fraction of sp³-hybridized carbons (Fsp3) is 0.929. The maximum Gasteiger partial charge on any atom is 0.307 e. The number of rotatable bonds is 5. The van der Waals surface area contributed by atoms with Crippen molar-refractivity contribution in [1.29, 1.82) is 0 Å². The molecule has 1 saturated heterocycles. The van der Waals surface area contributed by atoms with Gasteiger partial charge in [0.25, 0.3) is 0 Å². The summed E-state index contributed by atoms with van der Waals surface area (Å²) in [4.78, 5) is 13.5. The molecule has 1 unspecified atom stereocenters. The van der Waals surface area contributed by atoms with Gasteiger partial charge in [-0.2, -0.15) is 0 Å². The summed E-state index contributed by atoms with van der Waals surface area (Å²) in [7, 11) is 0. The third-order valence-corrected chi connectivity index (χ3v) is 3.77. The fourth-order valence-corrected chi connectivity index (χ4v) is 2.40. The summed E-state index contributed by atoms with van der Waals surface area (Å²) in [5.41, 5.74) is 0.354. The van der Waals surface area contributed by atoms with Crippen molar-refractivity contribution in [3.05, 3.63) is 0 Å². The van der Waals surface area contributed by atoms with Crippen molar-refractivity contribution >= 4 is 5.97 Å². The van der Waals surface area contributed by atoms with E-state index in [0.717, 1.165) is 32.0 Å². The Bertz CT molecular complexity index is 262. The van der Waals surface area contributed by atoms with Crippen molar-refractivity contribution < 1.29 is 9.90 Å². The molecule has 100 valence electrons. The van der Waals surface area contributed by atoms with Gasteiger partial charge < -0.3 is 10.0 Å². The lowest BCUT2D eigenvalue weighted by atomic mass is 9.75. The zero-order chi connectivity index (χ0) is 13.2. The summed E-state index contributed by atoms with van der Waals surface area (Å²) < 4.78 is 0. The van der Waals surface area contributed by atoms with Gasteiger partial charge in [-0.15, -0.1) is 0 Å². The maximum absolute atomic E-state index is 11.2. The molecule has 1 aliphatic rings. The molecule has 0 radical (unpaired) electrons. The van der Waals surface area contributed by atoms with Crippen LogP contribution in [0.5, 0.6) is 0 Å². The molecule has 1 aliphatic heterocycles. The molecule has 0 saturated carbocycles. The summed E-state index contributed by atoms with van der Waals surface area (Å²) in [6.45, 7) is 13.8. The molecule has 1 N–H and O–H groups in total. The lowest BCUT2D eigenvalue weighted by Crippen LogP contribution is -2.54. The zero-order valence-corrected chi connectivity index (χ0v) is 11.9. The monoisotopic (exact) mass is 241 g/mol. The first-order chi connectivity index (χ1) is 7.70. The largest absolute Gasteiger partial charge is 0.481 e. The average molecular weight is 241 g/mol. The van der Waals surface area contributed by atoms with Gasteiger partial charge in [0.1, 0.15) is 0 Å². The van der Waals surface area contributed by atoms with E-state index in [-0.39, 0.29) is 5.92 Å². The summed E-state index contributed by atoms with van der Waals surface area (Å²) in [6.07, 6.45) is 0.784. The van der Waals surface area contributed by atoms with Crippen molar-refractivity contribution in [1.82, 2.24) is 4.90 Å². The number of aliphatic carboxylic acids is 1. The average Bonchev–Trinajstić information content (AvgIpc) is 2.04. The van der Waals surface area contributed by atoms with Crippen molar-refractivity contribution in [2.24, 2.45) is 23.2 Å². The van der Waals surface area contributed by atoms with Crippen LogP contribution in [0.4, 0.5) is 0 Å². The Hall–Kier alpha value is -0.570. The lowest BCUT2D eigenvalue weighted by molar-refractivity contribution is -0.144. The highest BCUT2D eigenvalue weighted by atomic mass is 16.4. The Balaban J connectivity index is 2.37. The first kappa shape index (κ1) is 14.5. The standard InChI is InChI=1S/C14H27NO2/c1-10(2)6-11(13(16)17)7-15-8-12(9-15)14(3,4)5/h10-12H,6-9H2,1-5H3,(H,16,17). The van der Waals surface area contributed by atoms with Crippen LogP contribution < -0.4 is 0 Å². The Labute approximate surface area is 105 Å². The summed E-state index contributed by atoms with van der Waals surface area (Å²) >= 11 is 0. The number of likely N-dealkylation sites (tertiary alicyclic amines) is 1. The van der Waals surface area contributed by atoms with Gasteiger partial charge in [-0.1, -0.05) is 34.6 Å². The van der Waals surface area contributed by atoms with Gasteiger partial charge in [-0.3, -0.25) is 4.79 Å². The molecule has 1 fully saturated rings. The molecule has 1 atom stereocenters. The van der Waals surface area contributed by atoms with E-state index in [2.05, 4.69) is 39.5 Å². The van der Waals surface area contributed by atoms with Crippen LogP contribution >= 0.6 is 0 Å². The van der Waals surface area contributed by atoms with E-state index in [4.69, 9.17) is 0 Å². The molecule has 3 nitrogen and oxygen atoms in total. The molecule has 3 heteroatoms. The molecular formula is C14H27NO2. The molecule has 1 heterocycles. The van der Waals surface area contributed by atoms with Gasteiger partial charge in [-0.05, 0) is 23.7 Å². The fourth-order valence-electron chi connectivity index (χ4n) is 2.40. The minimum absolute atomic E-state index is 0.198. The van der Waals surface area contributed by atoms with Gasteiger partial charge in [-0.25, -0.2) is 0 Å². The quantitative estimate of drug-likeness (QED) is 0.804. The van der Waals surface area contributed by atoms with Crippen molar-refractivity contribution in [2.45, 2.75) is 41.0 Å². The highest BCUT2D eigenvalue weighted by Gasteiger charge is 2.37. The topological polar surface area (TPSA) is 40.5 Å². The van der Waals surface area contributed by atoms with E-state index in [0.29, 0.717) is 11.3 Å². The second-order valence-electron chi connectivity index (χ2n) is 6.95. The lowest BCUT2D eigenvalue weighted by Gasteiger charge is -2.47. The van der Waals surface area contributed by atoms with Gasteiger partial charge >= 0.3 is 5.97 Å². The number of hydrogen-bond donors (Lipinski definition) is 1. The number of hydrogen-bond acceptors (Lipinski definition) is 2. The predicted octanol–water partition coefficient (Wildman–Crippen LogP) is 2.71. The van der Waals surface area contributed by atoms with Crippen molar-refractivity contribution in [3.63, 3.8) is 0 Å². The Kier molecular flexibility index (Phi) is 4.59. The summed E-state index contributed by atoms with van der Waals surface area (Å²) in [5, 5.41) is 9.19. The number of carboxylic acid groups (broad SMARTS) is 1. The Morgan fingerprint density at radius 3 is 2.24 bits per heavy atom. The normalized spacial score (nSPS) is 20.4. The molecular weight excluding hydrogens is 214 g/mol. The molecule has 0 spiro atoms. The molecule has 0 aromatic heterocycles. The second kappa shape index (κ2) is 5.38. The minimum Gasteiger partial charge on any atom is -0.481 e. The van der Waals surface area contributed by atoms with Gasteiger partial charge in [0.05, 0.1) is 5.92 Å². The van der Waals surface area contributed by atoms with E-state index in [1.165, 1.54) is 0 Å².